The SMILES string of the molecule is COc1ccccc1/C(=C(\B(c1ccc(F)cc1)c1ccc(F)cc1)c1ccc(F)cc1)c1ccc(C)cc1. The Morgan fingerprint density at radius 2 is 1.03 bits per heavy atom. The molecule has 5 rings (SSSR count). The summed E-state index contributed by atoms with van der Waals surface area (Å²) in [5.74, 6) is -0.392. The van der Waals surface area contributed by atoms with E-state index in [1.54, 1.807) is 43.5 Å². The van der Waals surface area contributed by atoms with Gasteiger partial charge in [-0.2, -0.15) is 0 Å². The summed E-state index contributed by atoms with van der Waals surface area (Å²) in [5.41, 5.74) is 6.99. The molecule has 0 aromatic heterocycles. The monoisotopic (exact) mass is 518 g/mol. The van der Waals surface area contributed by atoms with Gasteiger partial charge in [0.05, 0.1) is 7.11 Å². The maximum absolute atomic E-state index is 14.2. The van der Waals surface area contributed by atoms with Crippen LogP contribution in [0.15, 0.2) is 121 Å². The van der Waals surface area contributed by atoms with Crippen LogP contribution in [0.2, 0.25) is 0 Å². The summed E-state index contributed by atoms with van der Waals surface area (Å²) in [6.07, 6.45) is 0. The highest BCUT2D eigenvalue weighted by atomic mass is 19.1. The molecule has 0 bridgehead atoms. The molecule has 0 unspecified atom stereocenters. The predicted molar refractivity (Wildman–Crippen MR) is 154 cm³/mol. The molecule has 0 atom stereocenters. The van der Waals surface area contributed by atoms with Crippen LogP contribution in [0.25, 0.3) is 11.0 Å². The number of rotatable bonds is 7. The lowest BCUT2D eigenvalue weighted by Gasteiger charge is -2.25. The molecule has 0 saturated carbocycles. The largest absolute Gasteiger partial charge is 0.496 e. The number of methoxy groups -OCH3 is 1. The van der Waals surface area contributed by atoms with Crippen molar-refractivity contribution in [1.29, 1.82) is 0 Å². The van der Waals surface area contributed by atoms with E-state index in [4.69, 9.17) is 4.74 Å². The second-order valence-electron chi connectivity index (χ2n) is 9.40. The molecule has 5 heteroatoms. The number of ether oxygens (including phenoxy) is 1. The minimum Gasteiger partial charge on any atom is -0.496 e. The molecule has 0 fully saturated rings. The molecule has 0 aliphatic rings. The van der Waals surface area contributed by atoms with E-state index in [2.05, 4.69) is 0 Å². The molecule has 0 saturated heterocycles. The molecule has 0 aliphatic heterocycles. The summed E-state index contributed by atoms with van der Waals surface area (Å²) < 4.78 is 48.1. The van der Waals surface area contributed by atoms with Crippen LogP contribution in [-0.2, 0) is 0 Å². The van der Waals surface area contributed by atoms with Gasteiger partial charge in [0.2, 0.25) is 6.71 Å². The molecule has 0 N–H and O–H groups in total. The van der Waals surface area contributed by atoms with E-state index < -0.39 is 6.71 Å². The summed E-state index contributed by atoms with van der Waals surface area (Å²) in [6.45, 7) is 1.58. The first-order valence-electron chi connectivity index (χ1n) is 12.7. The van der Waals surface area contributed by atoms with Gasteiger partial charge in [-0.25, -0.2) is 13.2 Å². The van der Waals surface area contributed by atoms with Gasteiger partial charge in [0.25, 0.3) is 0 Å². The van der Waals surface area contributed by atoms with Crippen LogP contribution in [-0.4, -0.2) is 13.8 Å². The zero-order valence-corrected chi connectivity index (χ0v) is 21.7. The fourth-order valence-corrected chi connectivity index (χ4v) is 4.95. The lowest BCUT2D eigenvalue weighted by molar-refractivity contribution is 0.413. The van der Waals surface area contributed by atoms with E-state index in [1.807, 2.05) is 55.5 Å². The van der Waals surface area contributed by atoms with Gasteiger partial charge in [-0.15, -0.1) is 0 Å². The molecule has 192 valence electrons. The van der Waals surface area contributed by atoms with Crippen LogP contribution in [0.3, 0.4) is 0 Å². The quantitative estimate of drug-likeness (QED) is 0.163. The van der Waals surface area contributed by atoms with Gasteiger partial charge in [-0.3, -0.25) is 0 Å². The van der Waals surface area contributed by atoms with E-state index in [1.165, 1.54) is 36.4 Å². The Hall–Kier alpha value is -4.51. The van der Waals surface area contributed by atoms with Crippen LogP contribution in [0.4, 0.5) is 13.2 Å². The first kappa shape index (κ1) is 26.1. The third-order valence-electron chi connectivity index (χ3n) is 6.84. The van der Waals surface area contributed by atoms with Crippen LogP contribution >= 0.6 is 0 Å². The molecule has 0 aliphatic carbocycles. The molecular weight excluding hydrogens is 492 g/mol. The van der Waals surface area contributed by atoms with Crippen molar-refractivity contribution >= 4 is 28.7 Å². The molecule has 5 aromatic carbocycles. The molecule has 0 amide bonds. The number of benzene rings is 5. The zero-order valence-electron chi connectivity index (χ0n) is 21.7. The lowest BCUT2D eigenvalue weighted by Crippen LogP contribution is -2.44. The fraction of sp³-hybridized carbons (Fsp3) is 0.0588. The Kier molecular flexibility index (Phi) is 7.69. The van der Waals surface area contributed by atoms with Gasteiger partial charge in [0, 0.05) is 5.56 Å². The topological polar surface area (TPSA) is 9.23 Å². The lowest BCUT2D eigenvalue weighted by atomic mass is 9.34. The van der Waals surface area contributed by atoms with E-state index in [9.17, 15) is 13.2 Å². The van der Waals surface area contributed by atoms with E-state index in [-0.39, 0.29) is 17.5 Å². The van der Waals surface area contributed by atoms with Crippen molar-refractivity contribution in [3.63, 3.8) is 0 Å². The van der Waals surface area contributed by atoms with Crippen molar-refractivity contribution in [1.82, 2.24) is 0 Å². The Morgan fingerprint density at radius 1 is 0.564 bits per heavy atom. The molecule has 0 spiro atoms. The Labute approximate surface area is 227 Å². The third kappa shape index (κ3) is 5.68. The van der Waals surface area contributed by atoms with E-state index >= 15 is 0 Å². The highest BCUT2D eigenvalue weighted by Crippen LogP contribution is 2.38. The van der Waals surface area contributed by atoms with Crippen molar-refractivity contribution in [2.75, 3.05) is 7.11 Å². The second kappa shape index (κ2) is 11.5. The Balaban J connectivity index is 1.95. The van der Waals surface area contributed by atoms with Crippen molar-refractivity contribution in [3.05, 3.63) is 161 Å². The van der Waals surface area contributed by atoms with E-state index in [0.717, 1.165) is 44.2 Å². The standard InChI is InChI=1S/C34H26BF3O/c1-23-7-9-24(10-8-23)33(31-5-3-4-6-32(31)39-2)34(25-11-17-28(36)18-12-25)35(26-13-19-29(37)20-14-26)27-15-21-30(38)22-16-27/h3-22H,1-2H3/b34-33-. The molecule has 0 radical (unpaired) electrons. The van der Waals surface area contributed by atoms with Crippen molar-refractivity contribution in [2.45, 2.75) is 6.92 Å². The average Bonchev–Trinajstić information content (AvgIpc) is 2.96. The van der Waals surface area contributed by atoms with Crippen molar-refractivity contribution in [2.24, 2.45) is 0 Å². The highest BCUT2D eigenvalue weighted by Gasteiger charge is 2.30. The van der Waals surface area contributed by atoms with Crippen LogP contribution in [0, 0.1) is 24.4 Å². The number of para-hydroxylation sites is 1. The van der Waals surface area contributed by atoms with Gasteiger partial charge in [0.1, 0.15) is 23.2 Å². The zero-order chi connectivity index (χ0) is 27.4. The molecular formula is C34H26BF3O. The summed E-state index contributed by atoms with van der Waals surface area (Å²) >= 11 is 0. The summed E-state index contributed by atoms with van der Waals surface area (Å²) in [5, 5.41) is 0. The van der Waals surface area contributed by atoms with Crippen LogP contribution in [0.5, 0.6) is 5.75 Å². The fourth-order valence-electron chi connectivity index (χ4n) is 4.95. The summed E-state index contributed by atoms with van der Waals surface area (Å²) in [4.78, 5) is 0. The number of halogens is 3. The van der Waals surface area contributed by atoms with Gasteiger partial charge in [-0.1, -0.05) is 101 Å². The highest BCUT2D eigenvalue weighted by molar-refractivity contribution is 7.00. The second-order valence-corrected chi connectivity index (χ2v) is 9.40. The van der Waals surface area contributed by atoms with Crippen molar-refractivity contribution in [3.8, 4) is 5.75 Å². The minimum atomic E-state index is -0.446. The predicted octanol–water partition coefficient (Wildman–Crippen LogP) is 7.23. The maximum atomic E-state index is 14.2. The average molecular weight is 518 g/mol. The molecule has 5 aromatic rings. The van der Waals surface area contributed by atoms with Crippen LogP contribution in [0.1, 0.15) is 22.3 Å². The maximum Gasteiger partial charge on any atom is 0.242 e. The van der Waals surface area contributed by atoms with Gasteiger partial charge in [0.15, 0.2) is 0 Å². The Morgan fingerprint density at radius 3 is 1.54 bits per heavy atom. The first-order valence-corrected chi connectivity index (χ1v) is 12.7. The van der Waals surface area contributed by atoms with Crippen molar-refractivity contribution < 1.29 is 17.9 Å². The van der Waals surface area contributed by atoms with Crippen LogP contribution < -0.4 is 15.7 Å². The summed E-state index contributed by atoms with van der Waals surface area (Å²) in [7, 11) is 1.63. The number of hydrogen-bond donors (Lipinski definition) is 0. The summed E-state index contributed by atoms with van der Waals surface area (Å²) in [6, 6.07) is 34.9. The minimum absolute atomic E-state index is 0.354. The smallest absolute Gasteiger partial charge is 0.242 e. The van der Waals surface area contributed by atoms with Gasteiger partial charge >= 0.3 is 0 Å². The normalized spacial score (nSPS) is 11.6. The first-order chi connectivity index (χ1) is 18.9. The third-order valence-corrected chi connectivity index (χ3v) is 6.84. The van der Waals surface area contributed by atoms with E-state index in [0.29, 0.717) is 5.75 Å². The number of aryl methyl sites for hydroxylation is 1. The molecule has 1 nitrogen and oxygen atoms in total. The molecule has 39 heavy (non-hydrogen) atoms. The Bertz CT molecular complexity index is 1550. The number of hydrogen-bond acceptors (Lipinski definition) is 1. The molecule has 0 heterocycles. The van der Waals surface area contributed by atoms with Gasteiger partial charge in [-0.05, 0) is 66.1 Å². The van der Waals surface area contributed by atoms with Gasteiger partial charge < -0.3 is 4.74 Å².